The Morgan fingerprint density at radius 2 is 1.89 bits per heavy atom. The third kappa shape index (κ3) is 4.66. The summed E-state index contributed by atoms with van der Waals surface area (Å²) in [6, 6.07) is 16.9. The first kappa shape index (κ1) is 23.5. The minimum atomic E-state index is -0.357. The molecule has 3 fully saturated rings. The molecule has 0 aliphatic heterocycles. The van der Waals surface area contributed by atoms with E-state index in [1.807, 2.05) is 48.5 Å². The number of hydrogen-bond acceptors (Lipinski definition) is 4. The van der Waals surface area contributed by atoms with E-state index in [1.165, 1.54) is 19.3 Å². The van der Waals surface area contributed by atoms with Crippen molar-refractivity contribution in [1.82, 2.24) is 9.99 Å². The average molecular weight is 474 g/mol. The van der Waals surface area contributed by atoms with Gasteiger partial charge in [-0.1, -0.05) is 38.5 Å². The number of benzene rings is 2. The first-order valence-electron chi connectivity index (χ1n) is 12.7. The summed E-state index contributed by atoms with van der Waals surface area (Å²) in [4.78, 5) is 26.1. The fraction of sp³-hybridized carbons (Fsp3) is 0.448. The van der Waals surface area contributed by atoms with Gasteiger partial charge >= 0.3 is 0 Å². The van der Waals surface area contributed by atoms with Gasteiger partial charge in [-0.2, -0.15) is 0 Å². The van der Waals surface area contributed by atoms with Crippen molar-refractivity contribution in [2.45, 2.75) is 52.5 Å². The van der Waals surface area contributed by atoms with Crippen molar-refractivity contribution in [3.05, 3.63) is 70.5 Å². The van der Waals surface area contributed by atoms with Crippen LogP contribution < -0.4 is 21.1 Å². The van der Waals surface area contributed by atoms with E-state index in [0.717, 1.165) is 40.7 Å². The molecule has 1 amide bonds. The number of aromatic nitrogens is 1. The monoisotopic (exact) mass is 473 g/mol. The smallest absolute Gasteiger partial charge is 0.251 e. The quantitative estimate of drug-likeness (QED) is 0.473. The number of hydrazine groups is 1. The maximum Gasteiger partial charge on any atom is 0.251 e. The lowest BCUT2D eigenvalue weighted by Crippen LogP contribution is -2.42. The van der Waals surface area contributed by atoms with Crippen molar-refractivity contribution in [2.24, 2.45) is 23.2 Å². The molecule has 0 saturated heterocycles. The lowest BCUT2D eigenvalue weighted by Gasteiger charge is -2.30. The molecule has 2 N–H and O–H groups in total. The summed E-state index contributed by atoms with van der Waals surface area (Å²) in [6.45, 7) is 4.93. The number of carbonyl (C=O) groups is 1. The number of pyridine rings is 1. The highest BCUT2D eigenvalue weighted by molar-refractivity contribution is 5.93. The molecule has 0 radical (unpaired) electrons. The molecule has 4 atom stereocenters. The summed E-state index contributed by atoms with van der Waals surface area (Å²) < 4.78 is 7.00. The number of hydrogen-bond donors (Lipinski definition) is 2. The molecule has 1 aromatic heterocycles. The van der Waals surface area contributed by atoms with Gasteiger partial charge in [0.25, 0.3) is 5.56 Å². The number of nitrogens with zero attached hydrogens (tertiary/aromatic N) is 1. The van der Waals surface area contributed by atoms with Crippen LogP contribution in [0.3, 0.4) is 0 Å². The number of ether oxygens (including phenoxy) is 1. The van der Waals surface area contributed by atoms with Crippen LogP contribution in [0, 0.1) is 23.2 Å². The highest BCUT2D eigenvalue weighted by Gasteiger charge is 2.45. The van der Waals surface area contributed by atoms with Crippen LogP contribution >= 0.6 is 0 Å². The third-order valence-electron chi connectivity index (χ3n) is 8.30. The van der Waals surface area contributed by atoms with Gasteiger partial charge in [-0.15, -0.1) is 0 Å². The van der Waals surface area contributed by atoms with Crippen LogP contribution in [0.5, 0.6) is 5.75 Å². The molecule has 2 bridgehead atoms. The number of fused-ring (bicyclic) bond motifs is 5. The van der Waals surface area contributed by atoms with E-state index in [0.29, 0.717) is 24.3 Å². The zero-order chi connectivity index (χ0) is 24.6. The normalized spacial score (nSPS) is 25.7. The number of amides is 1. The predicted octanol–water partition coefficient (Wildman–Crippen LogP) is 5.35. The summed E-state index contributed by atoms with van der Waals surface area (Å²) in [7, 11) is 1.64. The van der Waals surface area contributed by atoms with Crippen molar-refractivity contribution in [2.75, 3.05) is 12.5 Å². The van der Waals surface area contributed by atoms with Crippen molar-refractivity contribution in [3.63, 3.8) is 0 Å². The van der Waals surface area contributed by atoms with E-state index in [9.17, 15) is 9.59 Å². The summed E-state index contributed by atoms with van der Waals surface area (Å²) in [5, 5.41) is 0.889. The van der Waals surface area contributed by atoms with Gasteiger partial charge in [-0.3, -0.25) is 20.4 Å². The number of methoxy groups -OCH3 is 1. The fourth-order valence-corrected chi connectivity index (χ4v) is 6.33. The maximum atomic E-state index is 13.4. The van der Waals surface area contributed by atoms with Crippen LogP contribution in [0.4, 0.5) is 5.69 Å². The summed E-state index contributed by atoms with van der Waals surface area (Å²) in [5.41, 5.74) is 8.40. The van der Waals surface area contributed by atoms with Gasteiger partial charge in [0, 0.05) is 16.9 Å². The van der Waals surface area contributed by atoms with E-state index in [-0.39, 0.29) is 16.9 Å². The van der Waals surface area contributed by atoms with Gasteiger partial charge in [0.05, 0.1) is 24.9 Å². The van der Waals surface area contributed by atoms with E-state index in [4.69, 9.17) is 4.74 Å². The number of rotatable bonds is 6. The number of carbonyl (C=O) groups excluding carboxylic acids is 1. The molecule has 4 unspecified atom stereocenters. The van der Waals surface area contributed by atoms with Crippen LogP contribution in [-0.2, 0) is 11.3 Å². The Labute approximate surface area is 206 Å². The minimum Gasteiger partial charge on any atom is -0.497 e. The summed E-state index contributed by atoms with van der Waals surface area (Å²) >= 11 is 0. The molecule has 6 rings (SSSR count). The van der Waals surface area contributed by atoms with E-state index in [2.05, 4.69) is 24.7 Å². The second-order valence-electron chi connectivity index (χ2n) is 10.8. The van der Waals surface area contributed by atoms with Crippen LogP contribution in [0.25, 0.3) is 10.9 Å². The maximum absolute atomic E-state index is 13.4. The third-order valence-corrected chi connectivity index (χ3v) is 8.30. The van der Waals surface area contributed by atoms with Crippen LogP contribution in [0.2, 0.25) is 0 Å². The average Bonchev–Trinajstić information content (AvgIpc) is 3.11. The Balaban J connectivity index is 1.37. The van der Waals surface area contributed by atoms with Gasteiger partial charge in [0.15, 0.2) is 0 Å². The molecule has 6 nitrogen and oxygen atoms in total. The molecular formula is C29H35N3O3. The van der Waals surface area contributed by atoms with Gasteiger partial charge in [-0.25, -0.2) is 0 Å². The predicted molar refractivity (Wildman–Crippen MR) is 139 cm³/mol. The zero-order valence-electron chi connectivity index (χ0n) is 20.8. The van der Waals surface area contributed by atoms with Gasteiger partial charge in [-0.05, 0) is 79.3 Å². The topological polar surface area (TPSA) is 72.4 Å². The lowest BCUT2D eigenvalue weighted by molar-refractivity contribution is -0.131. The largest absolute Gasteiger partial charge is 0.497 e. The van der Waals surface area contributed by atoms with Gasteiger partial charge < -0.3 is 9.30 Å². The highest BCUT2D eigenvalue weighted by atomic mass is 16.5. The van der Waals surface area contributed by atoms with Gasteiger partial charge in [0.2, 0.25) is 5.91 Å². The summed E-state index contributed by atoms with van der Waals surface area (Å²) in [5.74, 6) is 2.83. The molecule has 0 spiro atoms. The second kappa shape index (κ2) is 9.40. The Morgan fingerprint density at radius 1 is 1.09 bits per heavy atom. The first-order valence-corrected chi connectivity index (χ1v) is 12.7. The Bertz CT molecular complexity index is 1280. The molecule has 184 valence electrons. The van der Waals surface area contributed by atoms with Crippen LogP contribution in [0.1, 0.15) is 51.5 Å². The Morgan fingerprint density at radius 3 is 2.63 bits per heavy atom. The lowest BCUT2D eigenvalue weighted by atomic mass is 9.76. The Kier molecular flexibility index (Phi) is 6.30. The highest BCUT2D eigenvalue weighted by Crippen LogP contribution is 2.50. The van der Waals surface area contributed by atoms with E-state index < -0.39 is 0 Å². The molecule has 6 heteroatoms. The minimum absolute atomic E-state index is 0.0621. The molecule has 1 heterocycles. The molecule has 3 aliphatic carbocycles. The first-order chi connectivity index (χ1) is 16.9. The fourth-order valence-electron chi connectivity index (χ4n) is 6.33. The standard InChI is InChI=1S/C29H35N3O3/c1-19-15-21-7-10-22(19)17-29(2,16-21)28(34)31-30-25-5-4-6-26-24(25)13-14-27(33)32(26)18-20-8-11-23(35-3)12-9-20/h4-6,8-9,11-14,19,21-22,30H,7,10,15-18H2,1-3H3,(H,31,34). The van der Waals surface area contributed by atoms with Crippen molar-refractivity contribution in [1.29, 1.82) is 0 Å². The van der Waals surface area contributed by atoms with Crippen LogP contribution in [0.15, 0.2) is 59.4 Å². The molecular weight excluding hydrogens is 438 g/mol. The molecule has 3 aliphatic rings. The van der Waals surface area contributed by atoms with Crippen molar-refractivity contribution < 1.29 is 9.53 Å². The second-order valence-corrected chi connectivity index (χ2v) is 10.8. The summed E-state index contributed by atoms with van der Waals surface area (Å²) in [6.07, 6.45) is 5.65. The molecule has 3 saturated carbocycles. The Hall–Kier alpha value is -3.28. The van der Waals surface area contributed by atoms with Crippen molar-refractivity contribution >= 4 is 22.5 Å². The number of anilines is 1. The molecule has 2 aromatic carbocycles. The van der Waals surface area contributed by atoms with Gasteiger partial charge in [0.1, 0.15) is 5.75 Å². The zero-order valence-corrected chi connectivity index (χ0v) is 20.8. The number of nitrogens with one attached hydrogen (secondary N) is 2. The van der Waals surface area contributed by atoms with Crippen molar-refractivity contribution in [3.8, 4) is 5.75 Å². The molecule has 35 heavy (non-hydrogen) atoms. The van der Waals surface area contributed by atoms with Crippen LogP contribution in [-0.4, -0.2) is 17.6 Å². The SMILES string of the molecule is COc1ccc(Cn2c(=O)ccc3c(NNC(=O)C4(C)CC5CCC(C4)C(C)C5)cccc32)cc1. The van der Waals surface area contributed by atoms with E-state index >= 15 is 0 Å². The molecule has 3 aromatic rings. The van der Waals surface area contributed by atoms with E-state index in [1.54, 1.807) is 17.7 Å².